The molecule has 0 fully saturated rings. The highest BCUT2D eigenvalue weighted by atomic mass is 32.2. The lowest BCUT2D eigenvalue weighted by molar-refractivity contribution is 0.933. The average molecular weight is 214 g/mol. The molecule has 1 aromatic rings. The summed E-state index contributed by atoms with van der Waals surface area (Å²) in [6, 6.07) is 1.92. The van der Waals surface area contributed by atoms with Gasteiger partial charge in [-0.05, 0) is 18.7 Å². The minimum absolute atomic E-state index is 0.900. The van der Waals surface area contributed by atoms with Gasteiger partial charge in [0.25, 0.3) is 0 Å². The van der Waals surface area contributed by atoms with Crippen LogP contribution < -0.4 is 0 Å². The van der Waals surface area contributed by atoms with Crippen molar-refractivity contribution in [2.75, 3.05) is 17.3 Å². The third kappa shape index (κ3) is 4.52. The van der Waals surface area contributed by atoms with E-state index in [1.165, 1.54) is 11.5 Å². The molecule has 72 valence electrons. The molecule has 0 unspecified atom stereocenters. The molecule has 1 heterocycles. The SMILES string of the molecule is CCSCCSc1nccc(C)n1. The topological polar surface area (TPSA) is 25.8 Å². The van der Waals surface area contributed by atoms with Gasteiger partial charge in [-0.1, -0.05) is 18.7 Å². The van der Waals surface area contributed by atoms with Gasteiger partial charge in [-0.3, -0.25) is 0 Å². The van der Waals surface area contributed by atoms with Gasteiger partial charge in [0.05, 0.1) is 0 Å². The molecule has 0 bridgehead atoms. The molecule has 0 radical (unpaired) electrons. The van der Waals surface area contributed by atoms with E-state index in [2.05, 4.69) is 16.9 Å². The molecule has 0 aliphatic heterocycles. The molecule has 13 heavy (non-hydrogen) atoms. The van der Waals surface area contributed by atoms with E-state index in [-0.39, 0.29) is 0 Å². The summed E-state index contributed by atoms with van der Waals surface area (Å²) in [6.07, 6.45) is 1.82. The Hall–Kier alpha value is -0.220. The van der Waals surface area contributed by atoms with Crippen LogP contribution in [0.2, 0.25) is 0 Å². The lowest BCUT2D eigenvalue weighted by Gasteiger charge is -1.99. The predicted octanol–water partition coefficient (Wildman–Crippen LogP) is 2.63. The van der Waals surface area contributed by atoms with Crippen LogP contribution in [0.1, 0.15) is 12.6 Å². The highest BCUT2D eigenvalue weighted by Crippen LogP contribution is 2.14. The van der Waals surface area contributed by atoms with Crippen molar-refractivity contribution in [1.82, 2.24) is 9.97 Å². The monoisotopic (exact) mass is 214 g/mol. The molecule has 0 aliphatic rings. The van der Waals surface area contributed by atoms with Crippen molar-refractivity contribution in [1.29, 1.82) is 0 Å². The van der Waals surface area contributed by atoms with E-state index in [1.807, 2.05) is 30.9 Å². The van der Waals surface area contributed by atoms with E-state index in [0.29, 0.717) is 0 Å². The normalized spacial score (nSPS) is 10.3. The van der Waals surface area contributed by atoms with Crippen molar-refractivity contribution in [3.8, 4) is 0 Å². The van der Waals surface area contributed by atoms with Gasteiger partial charge >= 0.3 is 0 Å². The summed E-state index contributed by atoms with van der Waals surface area (Å²) in [4.78, 5) is 8.49. The molecule has 0 atom stereocenters. The Bertz CT molecular complexity index is 253. The van der Waals surface area contributed by atoms with Crippen LogP contribution >= 0.6 is 23.5 Å². The van der Waals surface area contributed by atoms with Gasteiger partial charge in [0, 0.05) is 23.4 Å². The van der Waals surface area contributed by atoms with Crippen LogP contribution in [-0.2, 0) is 0 Å². The molecule has 1 aromatic heterocycles. The van der Waals surface area contributed by atoms with Crippen LogP contribution in [0.5, 0.6) is 0 Å². The van der Waals surface area contributed by atoms with E-state index in [1.54, 1.807) is 11.8 Å². The van der Waals surface area contributed by atoms with E-state index < -0.39 is 0 Å². The summed E-state index contributed by atoms with van der Waals surface area (Å²) >= 11 is 3.69. The largest absolute Gasteiger partial charge is 0.231 e. The molecule has 0 saturated heterocycles. The van der Waals surface area contributed by atoms with Gasteiger partial charge in [-0.2, -0.15) is 11.8 Å². The summed E-state index contributed by atoms with van der Waals surface area (Å²) in [5.41, 5.74) is 1.04. The second kappa shape index (κ2) is 6.27. The highest BCUT2D eigenvalue weighted by molar-refractivity contribution is 8.02. The summed E-state index contributed by atoms with van der Waals surface area (Å²) in [5.74, 6) is 3.47. The van der Waals surface area contributed by atoms with E-state index in [9.17, 15) is 0 Å². The first-order chi connectivity index (χ1) is 6.33. The maximum Gasteiger partial charge on any atom is 0.187 e. The first-order valence-corrected chi connectivity index (χ1v) is 6.47. The Morgan fingerprint density at radius 2 is 2.23 bits per heavy atom. The van der Waals surface area contributed by atoms with Gasteiger partial charge in [0.1, 0.15) is 0 Å². The van der Waals surface area contributed by atoms with Crippen LogP contribution in [0.15, 0.2) is 17.4 Å². The molecule has 0 spiro atoms. The second-order valence-electron chi connectivity index (χ2n) is 2.53. The smallest absolute Gasteiger partial charge is 0.187 e. The van der Waals surface area contributed by atoms with E-state index in [0.717, 1.165) is 16.6 Å². The number of thioether (sulfide) groups is 2. The lowest BCUT2D eigenvalue weighted by Crippen LogP contribution is -1.91. The number of aryl methyl sites for hydroxylation is 1. The Morgan fingerprint density at radius 1 is 1.38 bits per heavy atom. The summed E-state index contributed by atoms with van der Waals surface area (Å²) < 4.78 is 0. The molecule has 0 aromatic carbocycles. The van der Waals surface area contributed by atoms with Crippen molar-refractivity contribution in [2.24, 2.45) is 0 Å². The molecule has 1 rings (SSSR count). The maximum atomic E-state index is 4.31. The van der Waals surface area contributed by atoms with E-state index >= 15 is 0 Å². The fourth-order valence-corrected chi connectivity index (χ4v) is 2.45. The van der Waals surface area contributed by atoms with Crippen LogP contribution in [0.25, 0.3) is 0 Å². The number of aromatic nitrogens is 2. The molecule has 2 nitrogen and oxygen atoms in total. The van der Waals surface area contributed by atoms with Crippen molar-refractivity contribution >= 4 is 23.5 Å². The third-order valence-electron chi connectivity index (χ3n) is 1.44. The Labute approximate surface area is 87.9 Å². The molecule has 0 saturated carbocycles. The Balaban J connectivity index is 2.28. The second-order valence-corrected chi connectivity index (χ2v) is 4.98. The van der Waals surface area contributed by atoms with Crippen molar-refractivity contribution in [2.45, 2.75) is 19.0 Å². The first-order valence-electron chi connectivity index (χ1n) is 4.33. The Morgan fingerprint density at radius 3 is 2.92 bits per heavy atom. The maximum absolute atomic E-state index is 4.31. The van der Waals surface area contributed by atoms with Crippen LogP contribution in [-0.4, -0.2) is 27.2 Å². The Kier molecular flexibility index (Phi) is 5.23. The zero-order valence-electron chi connectivity index (χ0n) is 7.99. The summed E-state index contributed by atoms with van der Waals surface area (Å²) in [5, 5.41) is 0.900. The fourth-order valence-electron chi connectivity index (χ4n) is 0.832. The average Bonchev–Trinajstić information content (AvgIpc) is 2.13. The molecule has 0 aliphatic carbocycles. The first kappa shape index (κ1) is 10.9. The third-order valence-corrected chi connectivity index (χ3v) is 3.46. The quantitative estimate of drug-likeness (QED) is 0.427. The molecule has 0 amide bonds. The van der Waals surface area contributed by atoms with Gasteiger partial charge in [-0.25, -0.2) is 9.97 Å². The molecule has 0 N–H and O–H groups in total. The molecular formula is C9H14N2S2. The van der Waals surface area contributed by atoms with Gasteiger partial charge in [0.2, 0.25) is 0 Å². The summed E-state index contributed by atoms with van der Waals surface area (Å²) in [6.45, 7) is 4.17. The van der Waals surface area contributed by atoms with E-state index in [4.69, 9.17) is 0 Å². The van der Waals surface area contributed by atoms with Crippen molar-refractivity contribution in [3.63, 3.8) is 0 Å². The standard InChI is InChI=1S/C9H14N2S2/c1-3-12-6-7-13-9-10-5-4-8(2)11-9/h4-5H,3,6-7H2,1-2H3. The zero-order valence-corrected chi connectivity index (χ0v) is 9.62. The molecular weight excluding hydrogens is 200 g/mol. The predicted molar refractivity (Wildman–Crippen MR) is 60.5 cm³/mol. The number of rotatable bonds is 5. The van der Waals surface area contributed by atoms with Gasteiger partial charge in [0.15, 0.2) is 5.16 Å². The molecule has 4 heteroatoms. The van der Waals surface area contributed by atoms with Crippen LogP contribution in [0.4, 0.5) is 0 Å². The van der Waals surface area contributed by atoms with Gasteiger partial charge in [-0.15, -0.1) is 0 Å². The van der Waals surface area contributed by atoms with Crippen LogP contribution in [0, 0.1) is 6.92 Å². The minimum Gasteiger partial charge on any atom is -0.231 e. The fraction of sp³-hybridized carbons (Fsp3) is 0.556. The lowest BCUT2D eigenvalue weighted by atomic mass is 10.5. The highest BCUT2D eigenvalue weighted by Gasteiger charge is 1.96. The zero-order chi connectivity index (χ0) is 9.52. The van der Waals surface area contributed by atoms with Gasteiger partial charge < -0.3 is 0 Å². The number of hydrogen-bond donors (Lipinski definition) is 0. The van der Waals surface area contributed by atoms with Crippen LogP contribution in [0.3, 0.4) is 0 Å². The van der Waals surface area contributed by atoms with Crippen molar-refractivity contribution in [3.05, 3.63) is 18.0 Å². The minimum atomic E-state index is 0.900. The van der Waals surface area contributed by atoms with Crippen molar-refractivity contribution < 1.29 is 0 Å². The number of nitrogens with zero attached hydrogens (tertiary/aromatic N) is 2. The number of hydrogen-bond acceptors (Lipinski definition) is 4. The summed E-state index contributed by atoms with van der Waals surface area (Å²) in [7, 11) is 0.